The topological polar surface area (TPSA) is 85.6 Å². The third kappa shape index (κ3) is 4.54. The van der Waals surface area contributed by atoms with Gasteiger partial charge < -0.3 is 10.1 Å². The molecule has 2 aromatic heterocycles. The molecule has 0 radical (unpaired) electrons. The van der Waals surface area contributed by atoms with Gasteiger partial charge in [0, 0.05) is 11.1 Å². The number of para-hydroxylation sites is 1. The predicted molar refractivity (Wildman–Crippen MR) is 122 cm³/mol. The van der Waals surface area contributed by atoms with Gasteiger partial charge in [0.1, 0.15) is 0 Å². The normalized spacial score (nSPS) is 11.0. The van der Waals surface area contributed by atoms with E-state index in [1.54, 1.807) is 24.3 Å². The number of nitrogens with zero attached hydrogens (tertiary/aromatic N) is 3. The third-order valence-electron chi connectivity index (χ3n) is 4.75. The second-order valence-corrected chi connectivity index (χ2v) is 8.01. The molecule has 1 amide bonds. The molecule has 0 aliphatic heterocycles. The number of aryl methyl sites for hydroxylation is 1. The molecule has 7 nitrogen and oxygen atoms in total. The molecule has 0 bridgehead atoms. The van der Waals surface area contributed by atoms with E-state index in [4.69, 9.17) is 4.74 Å². The van der Waals surface area contributed by atoms with Crippen LogP contribution in [0.5, 0.6) is 0 Å². The number of thioether (sulfide) groups is 1. The molecule has 0 spiro atoms. The van der Waals surface area contributed by atoms with Crippen molar-refractivity contribution in [3.8, 4) is 0 Å². The molecule has 158 valence electrons. The van der Waals surface area contributed by atoms with Crippen LogP contribution in [0.2, 0.25) is 0 Å². The molecule has 0 saturated carbocycles. The van der Waals surface area contributed by atoms with Gasteiger partial charge in [0.05, 0.1) is 23.4 Å². The van der Waals surface area contributed by atoms with Gasteiger partial charge in [0.2, 0.25) is 5.91 Å². The van der Waals surface area contributed by atoms with E-state index in [9.17, 15) is 9.59 Å². The Hall–Kier alpha value is -3.39. The van der Waals surface area contributed by atoms with Crippen LogP contribution >= 0.6 is 11.8 Å². The van der Waals surface area contributed by atoms with Crippen LogP contribution < -0.4 is 5.32 Å². The van der Waals surface area contributed by atoms with Crippen molar-refractivity contribution in [3.05, 3.63) is 65.7 Å². The van der Waals surface area contributed by atoms with Gasteiger partial charge >= 0.3 is 5.97 Å². The maximum Gasteiger partial charge on any atom is 0.338 e. The van der Waals surface area contributed by atoms with Crippen LogP contribution in [-0.4, -0.2) is 38.8 Å². The fourth-order valence-electron chi connectivity index (χ4n) is 3.26. The lowest BCUT2D eigenvalue weighted by molar-refractivity contribution is -0.113. The second-order valence-electron chi connectivity index (χ2n) is 7.07. The van der Waals surface area contributed by atoms with Crippen LogP contribution in [0.1, 0.15) is 29.3 Å². The Morgan fingerprint density at radius 1 is 1.10 bits per heavy atom. The molecule has 0 saturated heterocycles. The number of carbonyl (C=O) groups excluding carboxylic acids is 2. The monoisotopic (exact) mass is 434 g/mol. The first-order valence-corrected chi connectivity index (χ1v) is 11.0. The van der Waals surface area contributed by atoms with Gasteiger partial charge in [-0.3, -0.25) is 9.20 Å². The van der Waals surface area contributed by atoms with E-state index >= 15 is 0 Å². The number of carbonyl (C=O) groups is 2. The Bertz CT molecular complexity index is 1250. The lowest BCUT2D eigenvalue weighted by Gasteiger charge is -2.08. The van der Waals surface area contributed by atoms with E-state index in [2.05, 4.69) is 21.6 Å². The highest BCUT2D eigenvalue weighted by atomic mass is 32.2. The van der Waals surface area contributed by atoms with E-state index in [-0.39, 0.29) is 17.6 Å². The summed E-state index contributed by atoms with van der Waals surface area (Å²) < 4.78 is 7.08. The molecule has 8 heteroatoms. The Labute approximate surface area is 183 Å². The zero-order valence-corrected chi connectivity index (χ0v) is 18.1. The highest BCUT2D eigenvalue weighted by Crippen LogP contribution is 2.25. The number of aromatic nitrogens is 3. The van der Waals surface area contributed by atoms with Gasteiger partial charge in [0.15, 0.2) is 10.8 Å². The van der Waals surface area contributed by atoms with Crippen molar-refractivity contribution in [2.45, 2.75) is 25.4 Å². The molecule has 0 aliphatic rings. The van der Waals surface area contributed by atoms with Crippen molar-refractivity contribution in [1.82, 2.24) is 14.6 Å². The average Bonchev–Trinajstić information content (AvgIpc) is 3.19. The van der Waals surface area contributed by atoms with Gasteiger partial charge in [-0.2, -0.15) is 0 Å². The minimum atomic E-state index is -0.364. The fraction of sp³-hybridized carbons (Fsp3) is 0.217. The van der Waals surface area contributed by atoms with Crippen LogP contribution in [0.15, 0.2) is 59.8 Å². The molecule has 0 atom stereocenters. The number of nitrogens with one attached hydrogen (secondary N) is 1. The fourth-order valence-corrected chi connectivity index (χ4v) is 4.02. The van der Waals surface area contributed by atoms with Gasteiger partial charge in [0.25, 0.3) is 0 Å². The molecule has 1 N–H and O–H groups in total. The highest BCUT2D eigenvalue weighted by molar-refractivity contribution is 7.99. The molecule has 0 fully saturated rings. The van der Waals surface area contributed by atoms with Crippen molar-refractivity contribution in [1.29, 1.82) is 0 Å². The van der Waals surface area contributed by atoms with E-state index in [0.29, 0.717) is 23.0 Å². The smallest absolute Gasteiger partial charge is 0.338 e. The summed E-state index contributed by atoms with van der Waals surface area (Å²) in [7, 11) is 0. The van der Waals surface area contributed by atoms with Crippen LogP contribution in [0.4, 0.5) is 5.69 Å². The summed E-state index contributed by atoms with van der Waals surface area (Å²) >= 11 is 1.32. The first kappa shape index (κ1) is 20.9. The summed E-state index contributed by atoms with van der Waals surface area (Å²) in [6.07, 6.45) is 0.772. The van der Waals surface area contributed by atoms with Gasteiger partial charge in [-0.25, -0.2) is 4.79 Å². The van der Waals surface area contributed by atoms with Crippen molar-refractivity contribution >= 4 is 45.9 Å². The molecule has 2 heterocycles. The number of esters is 1. The maximum absolute atomic E-state index is 12.4. The molecule has 2 aromatic carbocycles. The first-order chi connectivity index (χ1) is 15.1. The van der Waals surface area contributed by atoms with Gasteiger partial charge in [-0.1, -0.05) is 36.9 Å². The number of hydrogen-bond acceptors (Lipinski definition) is 6. The second kappa shape index (κ2) is 9.18. The van der Waals surface area contributed by atoms with Crippen molar-refractivity contribution < 1.29 is 14.3 Å². The zero-order chi connectivity index (χ0) is 21.8. The highest BCUT2D eigenvalue weighted by Gasteiger charge is 2.13. The number of pyridine rings is 1. The summed E-state index contributed by atoms with van der Waals surface area (Å²) in [5.41, 5.74) is 3.97. The molecule has 0 aliphatic carbocycles. The summed E-state index contributed by atoms with van der Waals surface area (Å²) in [6, 6.07) is 16.7. The minimum Gasteiger partial charge on any atom is -0.462 e. The first-order valence-electron chi connectivity index (χ1n) is 10.00. The molecule has 0 unspecified atom stereocenters. The minimum absolute atomic E-state index is 0.167. The number of benzene rings is 2. The number of rotatable bonds is 7. The zero-order valence-electron chi connectivity index (χ0n) is 17.3. The van der Waals surface area contributed by atoms with Gasteiger partial charge in [-0.15, -0.1) is 10.2 Å². The van der Waals surface area contributed by atoms with Crippen LogP contribution in [0.3, 0.4) is 0 Å². The molecular formula is C23H22N4O3S. The summed E-state index contributed by atoms with van der Waals surface area (Å²) in [6.45, 7) is 4.38. The van der Waals surface area contributed by atoms with Crippen molar-refractivity contribution in [2.24, 2.45) is 0 Å². The number of amides is 1. The standard InChI is InChI=1S/C23H22N4O3S/c1-3-12-30-22(29)16-8-10-17(11-9-16)24-21(28)14-31-23-26-25-20-13-15(2)18-6-4-5-7-19(18)27(20)23/h4-11,13H,3,12,14H2,1-2H3,(H,24,28). The third-order valence-corrected chi connectivity index (χ3v) is 5.68. The van der Waals surface area contributed by atoms with E-state index in [1.807, 2.05) is 42.5 Å². The molecule has 4 rings (SSSR count). The Balaban J connectivity index is 1.43. The average molecular weight is 435 g/mol. The summed E-state index contributed by atoms with van der Waals surface area (Å²) in [5, 5.41) is 13.1. The molecule has 4 aromatic rings. The van der Waals surface area contributed by atoms with Crippen LogP contribution in [0.25, 0.3) is 16.6 Å². The molecular weight excluding hydrogens is 412 g/mol. The van der Waals surface area contributed by atoms with E-state index < -0.39 is 0 Å². The lowest BCUT2D eigenvalue weighted by atomic mass is 10.1. The van der Waals surface area contributed by atoms with E-state index in [0.717, 1.165) is 28.5 Å². The number of anilines is 1. The Kier molecular flexibility index (Phi) is 6.18. The Morgan fingerprint density at radius 3 is 2.65 bits per heavy atom. The van der Waals surface area contributed by atoms with Crippen molar-refractivity contribution in [3.63, 3.8) is 0 Å². The number of ether oxygens (including phenoxy) is 1. The lowest BCUT2D eigenvalue weighted by Crippen LogP contribution is -2.14. The van der Waals surface area contributed by atoms with Crippen LogP contribution in [0, 0.1) is 6.92 Å². The SMILES string of the molecule is CCCOC(=O)c1ccc(NC(=O)CSc2nnc3cc(C)c4ccccc4n23)cc1. The Morgan fingerprint density at radius 2 is 1.87 bits per heavy atom. The van der Waals surface area contributed by atoms with Gasteiger partial charge in [-0.05, 0) is 55.3 Å². The molecule has 31 heavy (non-hydrogen) atoms. The van der Waals surface area contributed by atoms with Crippen LogP contribution in [-0.2, 0) is 9.53 Å². The number of hydrogen-bond donors (Lipinski definition) is 1. The largest absolute Gasteiger partial charge is 0.462 e. The number of fused-ring (bicyclic) bond motifs is 3. The van der Waals surface area contributed by atoms with Crippen molar-refractivity contribution in [2.75, 3.05) is 17.7 Å². The van der Waals surface area contributed by atoms with E-state index in [1.165, 1.54) is 11.8 Å². The summed E-state index contributed by atoms with van der Waals surface area (Å²) in [4.78, 5) is 24.3. The maximum atomic E-state index is 12.4. The quantitative estimate of drug-likeness (QED) is 0.341. The summed E-state index contributed by atoms with van der Waals surface area (Å²) in [5.74, 6) is -0.348. The predicted octanol–water partition coefficient (Wildman–Crippen LogP) is 4.49.